The number of carbonyl (C=O) groups is 2. The number of amides is 2. The normalized spacial score (nSPS) is 19.8. The van der Waals surface area contributed by atoms with E-state index >= 15 is 0 Å². The van der Waals surface area contributed by atoms with Crippen molar-refractivity contribution >= 4 is 33.7 Å². The van der Waals surface area contributed by atoms with Crippen LogP contribution in [0.2, 0.25) is 0 Å². The van der Waals surface area contributed by atoms with Gasteiger partial charge in [-0.1, -0.05) is 0 Å². The molecule has 2 amide bonds. The second kappa shape index (κ2) is 7.45. The fourth-order valence-electron chi connectivity index (χ4n) is 3.71. The van der Waals surface area contributed by atoms with Gasteiger partial charge in [-0.05, 0) is 62.0 Å². The Morgan fingerprint density at radius 3 is 2.28 bits per heavy atom. The van der Waals surface area contributed by atoms with Crippen LogP contribution in [0.4, 0.5) is 23.8 Å². The van der Waals surface area contributed by atoms with Crippen LogP contribution in [0.15, 0.2) is 16.7 Å². The molecule has 2 aliphatic heterocycles. The topological polar surface area (TPSA) is 62.7 Å². The average molecular weight is 478 g/mol. The Hall–Kier alpha value is -1.84. The number of aromatic nitrogens is 1. The van der Waals surface area contributed by atoms with E-state index in [1.807, 2.05) is 0 Å². The number of likely N-dealkylation sites (tertiary alicyclic amines) is 1. The number of hydrogen-bond donors (Lipinski definition) is 0. The maximum Gasteiger partial charge on any atom is 0.417 e. The largest absolute Gasteiger partial charge is 0.444 e. The van der Waals surface area contributed by atoms with E-state index in [-0.39, 0.29) is 16.2 Å². The fraction of sp³-hybridized carbons (Fsp3) is 0.632. The summed E-state index contributed by atoms with van der Waals surface area (Å²) in [6.45, 7) is 6.56. The lowest BCUT2D eigenvalue weighted by atomic mass is 9.77. The average Bonchev–Trinajstić information content (AvgIpc) is 2.90. The zero-order valence-corrected chi connectivity index (χ0v) is 18.1. The molecule has 0 aliphatic carbocycles. The van der Waals surface area contributed by atoms with Crippen molar-refractivity contribution < 1.29 is 27.5 Å². The molecule has 2 aliphatic rings. The molecule has 3 rings (SSSR count). The fourth-order valence-corrected chi connectivity index (χ4v) is 4.28. The minimum absolute atomic E-state index is 0.129. The van der Waals surface area contributed by atoms with Crippen LogP contribution in [0.3, 0.4) is 0 Å². The first-order valence-corrected chi connectivity index (χ1v) is 10.1. The van der Waals surface area contributed by atoms with Gasteiger partial charge in [-0.3, -0.25) is 9.69 Å². The molecule has 0 atom stereocenters. The highest BCUT2D eigenvalue weighted by Crippen LogP contribution is 2.44. The van der Waals surface area contributed by atoms with Crippen molar-refractivity contribution in [1.29, 1.82) is 0 Å². The number of hydrogen-bond acceptors (Lipinski definition) is 4. The molecule has 10 heteroatoms. The molecule has 3 heterocycles. The molecular weight excluding hydrogens is 455 g/mol. The monoisotopic (exact) mass is 477 g/mol. The van der Waals surface area contributed by atoms with Crippen LogP contribution in [0.5, 0.6) is 0 Å². The van der Waals surface area contributed by atoms with E-state index in [9.17, 15) is 22.8 Å². The highest BCUT2D eigenvalue weighted by molar-refractivity contribution is 9.10. The number of ether oxygens (including phenoxy) is 1. The van der Waals surface area contributed by atoms with E-state index in [1.165, 1.54) is 4.90 Å². The summed E-state index contributed by atoms with van der Waals surface area (Å²) in [5.41, 5.74) is -2.09. The Morgan fingerprint density at radius 2 is 1.76 bits per heavy atom. The molecule has 29 heavy (non-hydrogen) atoms. The molecule has 0 unspecified atom stereocenters. The van der Waals surface area contributed by atoms with Gasteiger partial charge in [0.25, 0.3) is 0 Å². The second-order valence-electron chi connectivity index (χ2n) is 8.48. The number of piperidine rings is 1. The number of nitrogens with zero attached hydrogens (tertiary/aromatic N) is 3. The summed E-state index contributed by atoms with van der Waals surface area (Å²) >= 11 is 3.12. The van der Waals surface area contributed by atoms with Gasteiger partial charge in [0.05, 0.1) is 15.5 Å². The Labute approximate surface area is 175 Å². The molecule has 0 saturated carbocycles. The van der Waals surface area contributed by atoms with E-state index in [0.29, 0.717) is 38.9 Å². The predicted molar refractivity (Wildman–Crippen MR) is 103 cm³/mol. The number of alkyl halides is 3. The zero-order valence-electron chi connectivity index (χ0n) is 16.5. The van der Waals surface area contributed by atoms with E-state index in [1.54, 1.807) is 25.7 Å². The Morgan fingerprint density at radius 1 is 1.17 bits per heavy atom. The van der Waals surface area contributed by atoms with Crippen molar-refractivity contribution in [3.05, 3.63) is 22.3 Å². The van der Waals surface area contributed by atoms with Gasteiger partial charge in [0, 0.05) is 25.8 Å². The van der Waals surface area contributed by atoms with Gasteiger partial charge in [-0.15, -0.1) is 0 Å². The van der Waals surface area contributed by atoms with Gasteiger partial charge in [-0.2, -0.15) is 13.2 Å². The van der Waals surface area contributed by atoms with Crippen LogP contribution in [-0.4, -0.2) is 47.1 Å². The lowest BCUT2D eigenvalue weighted by molar-refractivity contribution is -0.137. The van der Waals surface area contributed by atoms with Crippen molar-refractivity contribution in [2.75, 3.05) is 24.5 Å². The minimum Gasteiger partial charge on any atom is -0.444 e. The van der Waals surface area contributed by atoms with Gasteiger partial charge >= 0.3 is 12.3 Å². The van der Waals surface area contributed by atoms with E-state index < -0.39 is 28.8 Å². The van der Waals surface area contributed by atoms with E-state index in [2.05, 4.69) is 20.9 Å². The summed E-state index contributed by atoms with van der Waals surface area (Å²) < 4.78 is 44.1. The molecule has 1 spiro atoms. The maximum atomic E-state index is 13.1. The second-order valence-corrected chi connectivity index (χ2v) is 9.34. The van der Waals surface area contributed by atoms with Gasteiger partial charge in [-0.25, -0.2) is 9.78 Å². The number of rotatable bonds is 1. The Bertz CT molecular complexity index is 815. The third-order valence-corrected chi connectivity index (χ3v) is 5.87. The van der Waals surface area contributed by atoms with Crippen molar-refractivity contribution in [2.45, 2.75) is 51.8 Å². The summed E-state index contributed by atoms with van der Waals surface area (Å²) in [7, 11) is 0. The van der Waals surface area contributed by atoms with Crippen LogP contribution >= 0.6 is 15.9 Å². The molecular formula is C19H23BrF3N3O3. The molecule has 0 N–H and O–H groups in total. The van der Waals surface area contributed by atoms with E-state index in [0.717, 1.165) is 12.3 Å². The zero-order chi connectivity index (χ0) is 21.6. The van der Waals surface area contributed by atoms with E-state index in [4.69, 9.17) is 4.74 Å². The van der Waals surface area contributed by atoms with Crippen LogP contribution in [0.25, 0.3) is 0 Å². The minimum atomic E-state index is -4.50. The van der Waals surface area contributed by atoms with Crippen molar-refractivity contribution in [3.63, 3.8) is 0 Å². The molecule has 6 nitrogen and oxygen atoms in total. The Kier molecular flexibility index (Phi) is 5.61. The molecule has 1 aromatic rings. The molecule has 0 radical (unpaired) electrons. The van der Waals surface area contributed by atoms with Crippen molar-refractivity contribution in [2.24, 2.45) is 5.41 Å². The van der Waals surface area contributed by atoms with Crippen molar-refractivity contribution in [1.82, 2.24) is 9.88 Å². The number of pyridine rings is 1. The van der Waals surface area contributed by atoms with Gasteiger partial charge in [0.2, 0.25) is 5.91 Å². The summed E-state index contributed by atoms with van der Waals surface area (Å²) in [6.07, 6.45) is -2.62. The third kappa shape index (κ3) is 4.51. The smallest absolute Gasteiger partial charge is 0.417 e. The van der Waals surface area contributed by atoms with Crippen LogP contribution in [-0.2, 0) is 15.7 Å². The number of halogens is 4. The summed E-state index contributed by atoms with van der Waals surface area (Å²) in [5.74, 6) is 0.0312. The first kappa shape index (κ1) is 21.9. The Balaban J connectivity index is 1.70. The van der Waals surface area contributed by atoms with Gasteiger partial charge < -0.3 is 9.64 Å². The standard InChI is InChI=1S/C19H23BrF3N3O3/c1-17(2,3)29-16(28)25-7-4-18(5-8-25)6-9-26(15(18)27)14-13(20)10-12(11-24-14)19(21,22)23/h10-11H,4-9H2,1-3H3. The third-order valence-electron chi connectivity index (χ3n) is 5.29. The molecule has 0 bridgehead atoms. The number of carbonyl (C=O) groups excluding carboxylic acids is 2. The highest BCUT2D eigenvalue weighted by atomic mass is 79.9. The number of anilines is 1. The molecule has 1 aromatic heterocycles. The lowest BCUT2D eigenvalue weighted by Gasteiger charge is -2.38. The van der Waals surface area contributed by atoms with Crippen LogP contribution in [0.1, 0.15) is 45.6 Å². The van der Waals surface area contributed by atoms with Crippen molar-refractivity contribution in [3.8, 4) is 0 Å². The van der Waals surface area contributed by atoms with Gasteiger partial charge in [0.15, 0.2) is 0 Å². The van der Waals surface area contributed by atoms with Crippen LogP contribution in [0, 0.1) is 5.41 Å². The lowest BCUT2D eigenvalue weighted by Crippen LogP contribution is -2.48. The summed E-state index contributed by atoms with van der Waals surface area (Å²) in [4.78, 5) is 32.3. The van der Waals surface area contributed by atoms with Gasteiger partial charge in [0.1, 0.15) is 11.4 Å². The first-order chi connectivity index (χ1) is 13.3. The predicted octanol–water partition coefficient (Wildman–Crippen LogP) is 4.62. The molecule has 2 saturated heterocycles. The summed E-state index contributed by atoms with van der Waals surface area (Å²) in [6, 6.07) is 0.936. The summed E-state index contributed by atoms with van der Waals surface area (Å²) in [5, 5.41) is 0. The molecule has 160 valence electrons. The maximum absolute atomic E-state index is 13.1. The molecule has 0 aromatic carbocycles. The van der Waals surface area contributed by atoms with Crippen LogP contribution < -0.4 is 4.90 Å². The molecule has 2 fully saturated rings. The highest BCUT2D eigenvalue weighted by Gasteiger charge is 2.50. The first-order valence-electron chi connectivity index (χ1n) is 9.35. The SMILES string of the molecule is CC(C)(C)OC(=O)N1CCC2(CC1)CCN(c1ncc(C(F)(F)F)cc1Br)C2=O. The quantitative estimate of drug-likeness (QED) is 0.591.